The fourth-order valence-electron chi connectivity index (χ4n) is 3.62. The number of amides is 2. The highest BCUT2D eigenvalue weighted by Gasteiger charge is 2.28. The molecule has 32 heavy (non-hydrogen) atoms. The summed E-state index contributed by atoms with van der Waals surface area (Å²) in [6.45, 7) is 5.08. The second-order valence-electron chi connectivity index (χ2n) is 8.62. The summed E-state index contributed by atoms with van der Waals surface area (Å²) in [5, 5.41) is 13.0. The van der Waals surface area contributed by atoms with Crippen molar-refractivity contribution in [3.05, 3.63) is 54.2 Å². The monoisotopic (exact) mass is 437 g/mol. The Kier molecular flexibility index (Phi) is 5.33. The number of imidazole rings is 1. The molecule has 2 heterocycles. The third-order valence-corrected chi connectivity index (χ3v) is 5.28. The van der Waals surface area contributed by atoms with Gasteiger partial charge in [0.15, 0.2) is 0 Å². The van der Waals surface area contributed by atoms with Crippen LogP contribution < -0.4 is 5.32 Å². The first-order valence-electron chi connectivity index (χ1n) is 10.1. The fraction of sp³-hybridized carbons (Fsp3) is 0.261. The molecule has 0 aliphatic carbocycles. The molecule has 4 N–H and O–H groups in total. The van der Waals surface area contributed by atoms with E-state index >= 15 is 0 Å². The Balaban J connectivity index is 1.50. The summed E-state index contributed by atoms with van der Waals surface area (Å²) in [4.78, 5) is 35.5. The van der Waals surface area contributed by atoms with Crippen LogP contribution in [0.1, 0.15) is 26.6 Å². The fourth-order valence-corrected chi connectivity index (χ4v) is 3.62. The van der Waals surface area contributed by atoms with Gasteiger partial charge in [0.2, 0.25) is 5.91 Å². The summed E-state index contributed by atoms with van der Waals surface area (Å²) in [5.74, 6) is -0.144. The summed E-state index contributed by atoms with van der Waals surface area (Å²) >= 11 is 0. The van der Waals surface area contributed by atoms with Crippen molar-refractivity contribution < 1.29 is 19.1 Å². The van der Waals surface area contributed by atoms with Gasteiger partial charge in [-0.3, -0.25) is 9.69 Å². The Hall–Kier alpha value is -3.88. The van der Waals surface area contributed by atoms with Crippen LogP contribution in [0.5, 0.6) is 0 Å². The van der Waals surface area contributed by atoms with E-state index in [0.29, 0.717) is 5.82 Å². The zero-order valence-electron chi connectivity index (χ0n) is 18.0. The maximum absolute atomic E-state index is 13.5. The maximum atomic E-state index is 13.5. The standard InChI is InChI=1S/C23H24FN5O3/c1-23(2,3)29(22(31)32)12-21(30)26-11-20-27-17-7-4-13(8-19(17)28-20)16-10-25-18-9-14(24)5-6-15(16)18/h4-10,25H,11-12H2,1-3H3,(H,26,30)(H,27,28)(H,31,32). The number of aromatic nitrogens is 3. The first kappa shape index (κ1) is 21.4. The minimum atomic E-state index is -1.15. The van der Waals surface area contributed by atoms with E-state index in [-0.39, 0.29) is 18.9 Å². The quantitative estimate of drug-likeness (QED) is 0.374. The molecule has 0 radical (unpaired) electrons. The Morgan fingerprint density at radius 1 is 1.16 bits per heavy atom. The third-order valence-electron chi connectivity index (χ3n) is 5.28. The molecule has 0 saturated carbocycles. The van der Waals surface area contributed by atoms with Crippen molar-refractivity contribution in [2.24, 2.45) is 0 Å². The number of nitrogens with one attached hydrogen (secondary N) is 3. The lowest BCUT2D eigenvalue weighted by molar-refractivity contribution is -0.123. The van der Waals surface area contributed by atoms with Gasteiger partial charge in [0.05, 0.1) is 17.6 Å². The van der Waals surface area contributed by atoms with Crippen LogP contribution in [-0.4, -0.2) is 49.0 Å². The Labute approximate surface area is 183 Å². The molecule has 0 aliphatic heterocycles. The zero-order chi connectivity index (χ0) is 23.0. The molecule has 2 aromatic heterocycles. The minimum Gasteiger partial charge on any atom is -0.465 e. The minimum absolute atomic E-state index is 0.146. The van der Waals surface area contributed by atoms with Crippen LogP contribution in [0, 0.1) is 5.82 Å². The molecular formula is C23H24FN5O3. The van der Waals surface area contributed by atoms with Gasteiger partial charge in [0, 0.05) is 28.2 Å². The van der Waals surface area contributed by atoms with E-state index in [1.165, 1.54) is 12.1 Å². The van der Waals surface area contributed by atoms with Gasteiger partial charge in [-0.15, -0.1) is 0 Å². The average Bonchev–Trinajstić information content (AvgIpc) is 3.31. The number of H-pyrrole nitrogens is 2. The summed E-state index contributed by atoms with van der Waals surface area (Å²) < 4.78 is 13.5. The number of carboxylic acid groups (broad SMARTS) is 1. The van der Waals surface area contributed by atoms with E-state index in [1.807, 2.05) is 24.4 Å². The SMILES string of the molecule is CC(C)(C)N(CC(=O)NCc1nc2ccc(-c3c[nH]c4cc(F)ccc34)cc2[nH]1)C(=O)O. The van der Waals surface area contributed by atoms with E-state index in [1.54, 1.807) is 26.8 Å². The molecule has 0 fully saturated rings. The van der Waals surface area contributed by atoms with Crippen molar-refractivity contribution in [1.29, 1.82) is 0 Å². The molecule has 0 saturated heterocycles. The summed E-state index contributed by atoms with van der Waals surface area (Å²) in [7, 11) is 0. The van der Waals surface area contributed by atoms with Gasteiger partial charge in [-0.25, -0.2) is 14.2 Å². The Morgan fingerprint density at radius 2 is 1.94 bits per heavy atom. The molecule has 0 bridgehead atoms. The molecule has 8 nitrogen and oxygen atoms in total. The normalized spacial score (nSPS) is 11.8. The van der Waals surface area contributed by atoms with Gasteiger partial charge in [0.1, 0.15) is 18.2 Å². The molecular weight excluding hydrogens is 413 g/mol. The second kappa shape index (κ2) is 7.99. The molecule has 9 heteroatoms. The van der Waals surface area contributed by atoms with Crippen LogP contribution in [0.3, 0.4) is 0 Å². The molecule has 4 aromatic rings. The van der Waals surface area contributed by atoms with Crippen LogP contribution in [-0.2, 0) is 11.3 Å². The topological polar surface area (TPSA) is 114 Å². The summed E-state index contributed by atoms with van der Waals surface area (Å²) in [6, 6.07) is 10.4. The first-order chi connectivity index (χ1) is 15.1. The lowest BCUT2D eigenvalue weighted by atomic mass is 10.0. The molecule has 166 valence electrons. The predicted molar refractivity (Wildman–Crippen MR) is 120 cm³/mol. The van der Waals surface area contributed by atoms with Crippen molar-refractivity contribution in [2.75, 3.05) is 6.54 Å². The molecule has 2 aromatic carbocycles. The van der Waals surface area contributed by atoms with Crippen LogP contribution in [0.2, 0.25) is 0 Å². The van der Waals surface area contributed by atoms with Gasteiger partial charge in [0.25, 0.3) is 0 Å². The maximum Gasteiger partial charge on any atom is 0.408 e. The average molecular weight is 437 g/mol. The zero-order valence-corrected chi connectivity index (χ0v) is 18.0. The van der Waals surface area contributed by atoms with E-state index in [4.69, 9.17) is 0 Å². The van der Waals surface area contributed by atoms with Crippen molar-refractivity contribution in [2.45, 2.75) is 32.9 Å². The molecule has 0 unspecified atom stereocenters. The number of rotatable bonds is 5. The smallest absolute Gasteiger partial charge is 0.408 e. The molecule has 0 aliphatic rings. The van der Waals surface area contributed by atoms with Gasteiger partial charge in [-0.1, -0.05) is 6.07 Å². The number of hydrogen-bond acceptors (Lipinski definition) is 3. The number of aromatic amines is 2. The molecule has 0 spiro atoms. The van der Waals surface area contributed by atoms with Crippen molar-refractivity contribution in [3.63, 3.8) is 0 Å². The van der Waals surface area contributed by atoms with Crippen molar-refractivity contribution in [1.82, 2.24) is 25.2 Å². The number of halogens is 1. The van der Waals surface area contributed by atoms with E-state index < -0.39 is 17.5 Å². The number of nitrogens with zero attached hydrogens (tertiary/aromatic N) is 2. The van der Waals surface area contributed by atoms with E-state index in [9.17, 15) is 19.1 Å². The van der Waals surface area contributed by atoms with E-state index in [0.717, 1.165) is 38.0 Å². The van der Waals surface area contributed by atoms with Crippen LogP contribution in [0.4, 0.5) is 9.18 Å². The number of hydrogen-bond donors (Lipinski definition) is 4. The molecule has 2 amide bonds. The number of fused-ring (bicyclic) bond motifs is 2. The Bertz CT molecular complexity index is 1320. The van der Waals surface area contributed by atoms with Crippen LogP contribution in [0.25, 0.3) is 33.1 Å². The summed E-state index contributed by atoms with van der Waals surface area (Å²) in [5.41, 5.74) is 3.46. The van der Waals surface area contributed by atoms with Gasteiger partial charge >= 0.3 is 6.09 Å². The van der Waals surface area contributed by atoms with E-state index in [2.05, 4.69) is 20.3 Å². The van der Waals surface area contributed by atoms with Gasteiger partial charge in [-0.2, -0.15) is 0 Å². The Morgan fingerprint density at radius 3 is 2.66 bits per heavy atom. The largest absolute Gasteiger partial charge is 0.465 e. The highest BCUT2D eigenvalue weighted by Crippen LogP contribution is 2.30. The lowest BCUT2D eigenvalue weighted by Crippen LogP contribution is -2.49. The molecule has 0 atom stereocenters. The number of carbonyl (C=O) groups excluding carboxylic acids is 1. The first-order valence-corrected chi connectivity index (χ1v) is 10.1. The highest BCUT2D eigenvalue weighted by molar-refractivity contribution is 5.97. The van der Waals surface area contributed by atoms with Gasteiger partial charge in [-0.05, 0) is 56.7 Å². The third kappa shape index (κ3) is 4.27. The van der Waals surface area contributed by atoms with Crippen LogP contribution in [0.15, 0.2) is 42.6 Å². The predicted octanol–water partition coefficient (Wildman–Crippen LogP) is 4.25. The molecule has 4 rings (SSSR count). The number of carbonyl (C=O) groups is 2. The van der Waals surface area contributed by atoms with Crippen LogP contribution >= 0.6 is 0 Å². The second-order valence-corrected chi connectivity index (χ2v) is 8.62. The lowest BCUT2D eigenvalue weighted by Gasteiger charge is -2.32. The summed E-state index contributed by atoms with van der Waals surface area (Å²) in [6.07, 6.45) is 0.690. The van der Waals surface area contributed by atoms with Crippen molar-refractivity contribution >= 4 is 33.9 Å². The highest BCUT2D eigenvalue weighted by atomic mass is 19.1. The van der Waals surface area contributed by atoms with Gasteiger partial charge < -0.3 is 20.4 Å². The number of benzene rings is 2. The van der Waals surface area contributed by atoms with Crippen molar-refractivity contribution in [3.8, 4) is 11.1 Å².